The molecule has 228 valence electrons. The van der Waals surface area contributed by atoms with Gasteiger partial charge in [0.1, 0.15) is 12.5 Å². The number of ether oxygens (including phenoxy) is 1. The van der Waals surface area contributed by atoms with Gasteiger partial charge in [-0.3, -0.25) is 13.9 Å². The maximum atomic E-state index is 13.8. The van der Waals surface area contributed by atoms with Crippen molar-refractivity contribution in [3.63, 3.8) is 0 Å². The van der Waals surface area contributed by atoms with Crippen LogP contribution >= 0.6 is 0 Å². The van der Waals surface area contributed by atoms with E-state index in [2.05, 4.69) is 5.32 Å². The number of aliphatic hydroxyl groups is 1. The number of nitrogens with one attached hydrogen (secondary N) is 1. The minimum Gasteiger partial charge on any atom is -0.374 e. The second-order valence-corrected chi connectivity index (χ2v) is 12.6. The van der Waals surface area contributed by atoms with Crippen LogP contribution in [0.3, 0.4) is 0 Å². The van der Waals surface area contributed by atoms with E-state index < -0.39 is 88.3 Å². The Hall–Kier alpha value is -3.30. The number of nitrogens with two attached hydrogens (primary N) is 1. The lowest BCUT2D eigenvalue weighted by atomic mass is 9.83. The second kappa shape index (κ2) is 10.8. The zero-order valence-corrected chi connectivity index (χ0v) is 22.8. The molecule has 3 aliphatic heterocycles. The summed E-state index contributed by atoms with van der Waals surface area (Å²) in [5, 5.41) is 12.9. The van der Waals surface area contributed by atoms with E-state index in [0.29, 0.717) is 12.8 Å². The summed E-state index contributed by atoms with van der Waals surface area (Å²) in [7, 11) is -4.50. The van der Waals surface area contributed by atoms with Gasteiger partial charge in [0.05, 0.1) is 40.8 Å². The normalized spacial score (nSPS) is 26.9. The van der Waals surface area contributed by atoms with Crippen molar-refractivity contribution in [3.8, 4) is 0 Å². The van der Waals surface area contributed by atoms with Crippen LogP contribution < -0.4 is 15.4 Å². The van der Waals surface area contributed by atoms with Gasteiger partial charge in [-0.25, -0.2) is 17.2 Å². The lowest BCUT2D eigenvalue weighted by Crippen LogP contribution is -2.53. The number of primary amides is 1. The third kappa shape index (κ3) is 5.11. The van der Waals surface area contributed by atoms with Gasteiger partial charge in [0, 0.05) is 6.42 Å². The number of sulfonamides is 1. The van der Waals surface area contributed by atoms with Crippen LogP contribution in [0.15, 0.2) is 47.4 Å². The molecule has 3 aliphatic rings. The Morgan fingerprint density at radius 3 is 2.36 bits per heavy atom. The molecule has 0 aromatic heterocycles. The van der Waals surface area contributed by atoms with Crippen LogP contribution in [0.25, 0.3) is 0 Å². The maximum absolute atomic E-state index is 13.8. The summed E-state index contributed by atoms with van der Waals surface area (Å²) in [5.74, 6) is -2.69. The Bertz CT molecular complexity index is 1490. The number of fused-ring (bicyclic) bond motifs is 3. The van der Waals surface area contributed by atoms with Crippen LogP contribution in [0.1, 0.15) is 36.8 Å². The number of benzene rings is 2. The fourth-order valence-corrected chi connectivity index (χ4v) is 7.84. The molecule has 15 heteroatoms. The first-order valence-electron chi connectivity index (χ1n) is 13.2. The molecule has 2 fully saturated rings. The van der Waals surface area contributed by atoms with Gasteiger partial charge in [0.2, 0.25) is 17.4 Å². The molecule has 2 aromatic carbocycles. The van der Waals surface area contributed by atoms with E-state index in [0.717, 1.165) is 46.8 Å². The summed E-state index contributed by atoms with van der Waals surface area (Å²) in [6.07, 6.45) is -5.41. The molecular formula is C27H28F5N3O6S. The number of aryl methyl sites for hydroxylation is 1. The summed E-state index contributed by atoms with van der Waals surface area (Å²) in [6.45, 7) is -2.16. The largest absolute Gasteiger partial charge is 0.424 e. The van der Waals surface area contributed by atoms with E-state index in [1.807, 2.05) is 0 Å². The van der Waals surface area contributed by atoms with Crippen LogP contribution in [-0.2, 0) is 36.4 Å². The van der Waals surface area contributed by atoms with Crippen molar-refractivity contribution in [2.75, 3.05) is 11.0 Å². The number of alkyl halides is 4. The van der Waals surface area contributed by atoms with Crippen molar-refractivity contribution in [2.45, 2.75) is 73.1 Å². The van der Waals surface area contributed by atoms with Crippen molar-refractivity contribution >= 4 is 27.5 Å². The van der Waals surface area contributed by atoms with Crippen molar-refractivity contribution in [1.82, 2.24) is 5.32 Å². The van der Waals surface area contributed by atoms with Crippen molar-refractivity contribution < 1.29 is 49.8 Å². The van der Waals surface area contributed by atoms with Gasteiger partial charge in [-0.05, 0) is 67.1 Å². The molecular weight excluding hydrogens is 589 g/mol. The quantitative estimate of drug-likeness (QED) is 0.390. The Morgan fingerprint density at radius 2 is 1.74 bits per heavy atom. The number of carbonyl (C=O) groups is 2. The SMILES string of the molecule is NC(=O)[C@H]1C2CCC(O2)[C@H]1NC(=O)C[C@@H]1CCc2cc(C(O)(CF)C(F)(F)F)ccc2N1S(=O)(=O)c1ccc(F)cc1. The lowest BCUT2D eigenvalue weighted by Gasteiger charge is -2.39. The fraction of sp³-hybridized carbons (Fsp3) is 0.481. The van der Waals surface area contributed by atoms with E-state index in [9.17, 15) is 45.1 Å². The maximum Gasteiger partial charge on any atom is 0.424 e. The smallest absolute Gasteiger partial charge is 0.374 e. The minimum absolute atomic E-state index is 0.00205. The molecule has 2 aromatic rings. The Balaban J connectivity index is 1.49. The Morgan fingerprint density at radius 1 is 1.07 bits per heavy atom. The van der Waals surface area contributed by atoms with Gasteiger partial charge in [-0.15, -0.1) is 0 Å². The Kier molecular flexibility index (Phi) is 7.73. The molecule has 4 N–H and O–H groups in total. The molecule has 5 rings (SSSR count). The van der Waals surface area contributed by atoms with Crippen LogP contribution in [0.4, 0.5) is 27.6 Å². The third-order valence-corrected chi connectivity index (χ3v) is 10.1. The Labute approximate surface area is 237 Å². The summed E-state index contributed by atoms with van der Waals surface area (Å²) >= 11 is 0. The molecule has 2 amide bonds. The number of amides is 2. The average Bonchev–Trinajstić information content (AvgIpc) is 3.53. The number of hydrogen-bond donors (Lipinski definition) is 3. The van der Waals surface area contributed by atoms with Gasteiger partial charge in [-0.1, -0.05) is 12.1 Å². The standard InChI is InChI=1S/C27H28F5N3O6S/c28-13-26(38,27(30,31)32)15-2-8-19-14(11-15)1-5-17(35(19)42(39,40)18-6-3-16(29)4-7-18)12-22(36)34-24-21-10-9-20(41-21)23(24)25(33)37/h2-4,6-8,11,17,20-21,23-24,38H,1,5,9-10,12-13H2,(H2,33,37)(H,34,36)/t17-,20?,21?,23-,24+,26?/m0/s1. The highest BCUT2D eigenvalue weighted by Gasteiger charge is 2.56. The molecule has 6 atom stereocenters. The van der Waals surface area contributed by atoms with E-state index in [1.165, 1.54) is 0 Å². The van der Waals surface area contributed by atoms with Gasteiger partial charge < -0.3 is 20.9 Å². The average molecular weight is 618 g/mol. The fourth-order valence-electron chi connectivity index (χ4n) is 6.12. The molecule has 2 bridgehead atoms. The molecule has 3 unspecified atom stereocenters. The summed E-state index contributed by atoms with van der Waals surface area (Å²) < 4.78 is 102. The van der Waals surface area contributed by atoms with Crippen molar-refractivity contribution in [1.29, 1.82) is 0 Å². The first kappa shape index (κ1) is 30.2. The van der Waals surface area contributed by atoms with Gasteiger partial charge in [0.15, 0.2) is 0 Å². The number of anilines is 1. The monoisotopic (exact) mass is 617 g/mol. The van der Waals surface area contributed by atoms with Crippen molar-refractivity contribution in [3.05, 3.63) is 59.4 Å². The van der Waals surface area contributed by atoms with Crippen LogP contribution in [0, 0.1) is 11.7 Å². The molecule has 0 saturated carbocycles. The summed E-state index contributed by atoms with van der Waals surface area (Å²) in [4.78, 5) is 24.9. The first-order valence-corrected chi connectivity index (χ1v) is 14.6. The van der Waals surface area contributed by atoms with E-state index in [-0.39, 0.29) is 29.0 Å². The topological polar surface area (TPSA) is 139 Å². The molecule has 9 nitrogen and oxygen atoms in total. The van der Waals surface area contributed by atoms with Crippen LogP contribution in [0.5, 0.6) is 0 Å². The van der Waals surface area contributed by atoms with Crippen molar-refractivity contribution in [2.24, 2.45) is 11.7 Å². The number of halogens is 5. The molecule has 0 radical (unpaired) electrons. The molecule has 2 saturated heterocycles. The first-order chi connectivity index (χ1) is 19.7. The number of carbonyl (C=O) groups excluding carboxylic acids is 2. The third-order valence-electron chi connectivity index (χ3n) is 8.26. The van der Waals surface area contributed by atoms with Crippen LogP contribution in [-0.4, -0.2) is 62.5 Å². The number of nitrogens with zero attached hydrogens (tertiary/aromatic N) is 1. The molecule has 0 aliphatic carbocycles. The second-order valence-electron chi connectivity index (χ2n) is 10.8. The zero-order chi connectivity index (χ0) is 30.6. The highest BCUT2D eigenvalue weighted by Crippen LogP contribution is 2.44. The lowest BCUT2D eigenvalue weighted by molar-refractivity contribution is -0.271. The van der Waals surface area contributed by atoms with Crippen LogP contribution in [0.2, 0.25) is 0 Å². The summed E-state index contributed by atoms with van der Waals surface area (Å²) in [6, 6.07) is 4.85. The summed E-state index contributed by atoms with van der Waals surface area (Å²) in [5.41, 5.74) is 0.909. The molecule has 0 spiro atoms. The minimum atomic E-state index is -5.35. The number of hydrogen-bond acceptors (Lipinski definition) is 6. The van der Waals surface area contributed by atoms with E-state index in [4.69, 9.17) is 10.5 Å². The van der Waals surface area contributed by atoms with E-state index in [1.54, 1.807) is 0 Å². The van der Waals surface area contributed by atoms with Gasteiger partial charge in [-0.2, -0.15) is 13.2 Å². The zero-order valence-electron chi connectivity index (χ0n) is 22.0. The molecule has 42 heavy (non-hydrogen) atoms. The highest BCUT2D eigenvalue weighted by atomic mass is 32.2. The van der Waals surface area contributed by atoms with Gasteiger partial charge in [0.25, 0.3) is 10.0 Å². The highest BCUT2D eigenvalue weighted by molar-refractivity contribution is 7.92. The predicted octanol–water partition coefficient (Wildman–Crippen LogP) is 2.59. The molecule has 3 heterocycles. The van der Waals surface area contributed by atoms with Gasteiger partial charge >= 0.3 is 6.18 Å². The number of rotatable bonds is 8. The van der Waals surface area contributed by atoms with E-state index >= 15 is 0 Å². The predicted molar refractivity (Wildman–Crippen MR) is 138 cm³/mol.